The fourth-order valence-corrected chi connectivity index (χ4v) is 1.78. The maximum atomic E-state index is 11.6. The summed E-state index contributed by atoms with van der Waals surface area (Å²) in [6.45, 7) is 5.02. The second-order valence-corrected chi connectivity index (χ2v) is 5.95. The summed E-state index contributed by atoms with van der Waals surface area (Å²) in [5.74, 6) is -1.32. The Kier molecular flexibility index (Phi) is 5.43. The Morgan fingerprint density at radius 1 is 1.38 bits per heavy atom. The number of phenols is 1. The molecule has 1 unspecified atom stereocenters. The first-order valence-electron chi connectivity index (χ1n) is 6.28. The lowest BCUT2D eigenvalue weighted by molar-refractivity contribution is -0.139. The summed E-state index contributed by atoms with van der Waals surface area (Å²) >= 11 is 5.80. The van der Waals surface area contributed by atoms with Crippen LogP contribution in [-0.4, -0.2) is 33.9 Å². The van der Waals surface area contributed by atoms with E-state index >= 15 is 0 Å². The van der Waals surface area contributed by atoms with E-state index in [2.05, 4.69) is 5.32 Å². The van der Waals surface area contributed by atoms with Crippen LogP contribution in [0, 0.1) is 0 Å². The topological polar surface area (TPSA) is 95.9 Å². The van der Waals surface area contributed by atoms with Crippen molar-refractivity contribution in [1.82, 2.24) is 5.32 Å². The normalized spacial score (nSPS) is 12.6. The van der Waals surface area contributed by atoms with E-state index < -0.39 is 23.7 Å². The van der Waals surface area contributed by atoms with E-state index in [1.807, 2.05) is 0 Å². The molecule has 0 bridgehead atoms. The highest BCUT2D eigenvalue weighted by Crippen LogP contribution is 2.23. The van der Waals surface area contributed by atoms with Gasteiger partial charge in [-0.1, -0.05) is 11.6 Å². The number of aromatic hydroxyl groups is 1. The molecule has 1 aromatic rings. The van der Waals surface area contributed by atoms with Gasteiger partial charge in [0.2, 0.25) is 0 Å². The molecular formula is C14H18ClNO5. The van der Waals surface area contributed by atoms with Crippen LogP contribution >= 0.6 is 11.6 Å². The largest absolute Gasteiger partial charge is 0.508 e. The Hall–Kier alpha value is -1.95. The number of carbonyl (C=O) groups is 2. The molecule has 0 aromatic heterocycles. The van der Waals surface area contributed by atoms with Crippen molar-refractivity contribution in [2.75, 3.05) is 0 Å². The van der Waals surface area contributed by atoms with Crippen molar-refractivity contribution >= 4 is 23.7 Å². The molecule has 6 nitrogen and oxygen atoms in total. The minimum Gasteiger partial charge on any atom is -0.508 e. The third kappa shape index (κ3) is 5.91. The number of alkyl carbamates (subject to hydrolysis) is 1. The molecule has 0 fully saturated rings. The zero-order chi connectivity index (χ0) is 16.2. The first-order chi connectivity index (χ1) is 9.58. The molecule has 21 heavy (non-hydrogen) atoms. The highest BCUT2D eigenvalue weighted by atomic mass is 35.5. The average Bonchev–Trinajstić information content (AvgIpc) is 2.30. The van der Waals surface area contributed by atoms with Gasteiger partial charge in [-0.3, -0.25) is 0 Å². The molecule has 0 saturated carbocycles. The number of nitrogens with one attached hydrogen (secondary N) is 1. The molecule has 1 rings (SSSR count). The van der Waals surface area contributed by atoms with Crippen LogP contribution in [0.1, 0.15) is 26.3 Å². The number of hydrogen-bond acceptors (Lipinski definition) is 4. The molecule has 0 aliphatic rings. The molecule has 7 heteroatoms. The predicted molar refractivity (Wildman–Crippen MR) is 77.6 cm³/mol. The van der Waals surface area contributed by atoms with Gasteiger partial charge < -0.3 is 20.3 Å². The van der Waals surface area contributed by atoms with E-state index in [0.29, 0.717) is 10.6 Å². The Bertz CT molecular complexity index is 539. The zero-order valence-electron chi connectivity index (χ0n) is 12.0. The number of carboxylic acids is 1. The smallest absolute Gasteiger partial charge is 0.408 e. The Morgan fingerprint density at radius 3 is 2.52 bits per heavy atom. The second-order valence-electron chi connectivity index (χ2n) is 5.51. The van der Waals surface area contributed by atoms with E-state index in [1.54, 1.807) is 20.8 Å². The van der Waals surface area contributed by atoms with Crippen LogP contribution in [-0.2, 0) is 16.0 Å². The molecule has 116 valence electrons. The molecular weight excluding hydrogens is 298 g/mol. The van der Waals surface area contributed by atoms with Crippen molar-refractivity contribution < 1.29 is 24.5 Å². The molecule has 1 atom stereocenters. The molecule has 0 saturated heterocycles. The van der Waals surface area contributed by atoms with Crippen LogP contribution in [0.4, 0.5) is 4.79 Å². The second kappa shape index (κ2) is 6.67. The van der Waals surface area contributed by atoms with Crippen LogP contribution < -0.4 is 5.32 Å². The van der Waals surface area contributed by atoms with Gasteiger partial charge >= 0.3 is 12.1 Å². The third-order valence-corrected chi connectivity index (χ3v) is 2.69. The molecule has 0 aliphatic heterocycles. The quantitative estimate of drug-likeness (QED) is 0.793. The van der Waals surface area contributed by atoms with Gasteiger partial charge in [-0.25, -0.2) is 9.59 Å². The Balaban J connectivity index is 2.81. The van der Waals surface area contributed by atoms with Crippen LogP contribution in [0.25, 0.3) is 0 Å². The fourth-order valence-electron chi connectivity index (χ4n) is 1.59. The van der Waals surface area contributed by atoms with Crippen molar-refractivity contribution in [3.63, 3.8) is 0 Å². The molecule has 0 aliphatic carbocycles. The first-order valence-corrected chi connectivity index (χ1v) is 6.66. The van der Waals surface area contributed by atoms with Crippen molar-refractivity contribution in [2.24, 2.45) is 0 Å². The number of carboxylic acid groups (broad SMARTS) is 1. The number of hydrogen-bond donors (Lipinski definition) is 3. The van der Waals surface area contributed by atoms with Gasteiger partial charge in [-0.05, 0) is 44.5 Å². The summed E-state index contributed by atoms with van der Waals surface area (Å²) in [6, 6.07) is 3.06. The van der Waals surface area contributed by atoms with E-state index in [0.717, 1.165) is 0 Å². The van der Waals surface area contributed by atoms with Gasteiger partial charge in [0.1, 0.15) is 17.4 Å². The van der Waals surface area contributed by atoms with E-state index in [1.165, 1.54) is 18.2 Å². The zero-order valence-corrected chi connectivity index (χ0v) is 12.8. The third-order valence-electron chi connectivity index (χ3n) is 2.45. The number of ether oxygens (including phenoxy) is 1. The van der Waals surface area contributed by atoms with Crippen molar-refractivity contribution in [1.29, 1.82) is 0 Å². The number of benzene rings is 1. The number of phenolic OH excluding ortho intramolecular Hbond substituents is 1. The van der Waals surface area contributed by atoms with E-state index in [4.69, 9.17) is 21.4 Å². The Morgan fingerprint density at radius 2 is 2.00 bits per heavy atom. The number of carbonyl (C=O) groups excluding carboxylic acids is 1. The minimum atomic E-state index is -1.24. The van der Waals surface area contributed by atoms with Crippen LogP contribution in [0.15, 0.2) is 18.2 Å². The van der Waals surface area contributed by atoms with Gasteiger partial charge in [-0.15, -0.1) is 0 Å². The number of rotatable bonds is 4. The highest BCUT2D eigenvalue weighted by molar-refractivity contribution is 6.30. The number of halogens is 1. The monoisotopic (exact) mass is 315 g/mol. The number of amides is 1. The number of aliphatic carboxylic acids is 1. The summed E-state index contributed by atoms with van der Waals surface area (Å²) in [6.07, 6.45) is -0.947. The van der Waals surface area contributed by atoms with Gasteiger partial charge in [0.15, 0.2) is 0 Å². The molecule has 3 N–H and O–H groups in total. The summed E-state index contributed by atoms with van der Waals surface area (Å²) in [5.41, 5.74) is -0.406. The predicted octanol–water partition coefficient (Wildman–Crippen LogP) is 2.57. The lowest BCUT2D eigenvalue weighted by Crippen LogP contribution is -2.44. The van der Waals surface area contributed by atoms with Crippen LogP contribution in [0.2, 0.25) is 5.02 Å². The van der Waals surface area contributed by atoms with Crippen LogP contribution in [0.5, 0.6) is 5.75 Å². The standard InChI is InChI=1S/C14H18ClNO5/c1-14(2,3)21-13(20)16-10(12(18)19)7-8-6-9(15)4-5-11(8)17/h4-6,10,17H,7H2,1-3H3,(H,16,20)(H,18,19). The Labute approximate surface area is 127 Å². The summed E-state index contributed by atoms with van der Waals surface area (Å²) < 4.78 is 5.01. The summed E-state index contributed by atoms with van der Waals surface area (Å²) in [7, 11) is 0. The van der Waals surface area contributed by atoms with Crippen LogP contribution in [0.3, 0.4) is 0 Å². The minimum absolute atomic E-state index is 0.0864. The first kappa shape index (κ1) is 17.1. The summed E-state index contributed by atoms with van der Waals surface area (Å²) in [4.78, 5) is 22.8. The van der Waals surface area contributed by atoms with E-state index in [-0.39, 0.29) is 12.2 Å². The average molecular weight is 316 g/mol. The SMILES string of the molecule is CC(C)(C)OC(=O)NC(Cc1cc(Cl)ccc1O)C(=O)O. The van der Waals surface area contributed by atoms with Gasteiger partial charge in [-0.2, -0.15) is 0 Å². The molecule has 0 spiro atoms. The van der Waals surface area contributed by atoms with E-state index in [9.17, 15) is 14.7 Å². The van der Waals surface area contributed by atoms with Crippen molar-refractivity contribution in [2.45, 2.75) is 38.8 Å². The molecule has 1 aromatic carbocycles. The van der Waals surface area contributed by atoms with Gasteiger partial charge in [0.25, 0.3) is 0 Å². The maximum Gasteiger partial charge on any atom is 0.408 e. The van der Waals surface area contributed by atoms with Gasteiger partial charge in [0.05, 0.1) is 0 Å². The lowest BCUT2D eigenvalue weighted by Gasteiger charge is -2.22. The van der Waals surface area contributed by atoms with Crippen molar-refractivity contribution in [3.8, 4) is 5.75 Å². The fraction of sp³-hybridized carbons (Fsp3) is 0.429. The highest BCUT2D eigenvalue weighted by Gasteiger charge is 2.25. The maximum absolute atomic E-state index is 11.6. The molecule has 0 radical (unpaired) electrons. The summed E-state index contributed by atoms with van der Waals surface area (Å²) in [5, 5.41) is 21.5. The lowest BCUT2D eigenvalue weighted by atomic mass is 10.1. The van der Waals surface area contributed by atoms with Gasteiger partial charge in [0, 0.05) is 11.4 Å². The molecule has 1 amide bonds. The van der Waals surface area contributed by atoms with Crippen molar-refractivity contribution in [3.05, 3.63) is 28.8 Å². The molecule has 0 heterocycles.